The summed E-state index contributed by atoms with van der Waals surface area (Å²) in [5.74, 6) is 2.02. The molecule has 2 aromatic heterocycles. The van der Waals surface area contributed by atoms with E-state index in [2.05, 4.69) is 20.8 Å². The number of carbonyl (C=O) groups is 1. The second kappa shape index (κ2) is 7.14. The van der Waals surface area contributed by atoms with E-state index in [4.69, 9.17) is 4.74 Å². The van der Waals surface area contributed by atoms with Crippen LogP contribution in [0.4, 0.5) is 10.6 Å². The molecule has 1 aliphatic carbocycles. The van der Waals surface area contributed by atoms with Crippen LogP contribution in [0.5, 0.6) is 5.75 Å². The van der Waals surface area contributed by atoms with Crippen molar-refractivity contribution in [2.45, 2.75) is 25.3 Å². The minimum absolute atomic E-state index is 0.269. The minimum atomic E-state index is -0.269. The van der Waals surface area contributed by atoms with Gasteiger partial charge in [-0.2, -0.15) is 10.2 Å². The fourth-order valence-corrected chi connectivity index (χ4v) is 2.87. The molecule has 1 aromatic carbocycles. The van der Waals surface area contributed by atoms with Crippen molar-refractivity contribution in [1.29, 1.82) is 0 Å². The van der Waals surface area contributed by atoms with Crippen molar-refractivity contribution in [2.24, 2.45) is 7.05 Å². The lowest BCUT2D eigenvalue weighted by Gasteiger charge is -2.06. The molecule has 1 aliphatic rings. The molecule has 4 rings (SSSR count). The predicted molar refractivity (Wildman–Crippen MR) is 101 cm³/mol. The van der Waals surface area contributed by atoms with E-state index in [1.807, 2.05) is 43.6 Å². The highest BCUT2D eigenvalue weighted by Crippen LogP contribution is 2.39. The smallest absolute Gasteiger partial charge is 0.320 e. The maximum atomic E-state index is 12.2. The summed E-state index contributed by atoms with van der Waals surface area (Å²) in [4.78, 5) is 12.2. The number of rotatable bonds is 6. The van der Waals surface area contributed by atoms with Crippen LogP contribution in [0.2, 0.25) is 0 Å². The van der Waals surface area contributed by atoms with Gasteiger partial charge in [0, 0.05) is 43.4 Å². The fraction of sp³-hybridized carbons (Fsp3) is 0.316. The molecule has 27 heavy (non-hydrogen) atoms. The molecule has 0 saturated heterocycles. The third-order valence-electron chi connectivity index (χ3n) is 4.54. The van der Waals surface area contributed by atoms with Crippen LogP contribution in [0.25, 0.3) is 5.69 Å². The predicted octanol–water partition coefficient (Wildman–Crippen LogP) is 2.81. The zero-order valence-corrected chi connectivity index (χ0v) is 15.3. The van der Waals surface area contributed by atoms with Gasteiger partial charge in [-0.15, -0.1) is 0 Å². The number of nitrogens with one attached hydrogen (secondary N) is 2. The minimum Gasteiger partial charge on any atom is -0.497 e. The Morgan fingerprint density at radius 3 is 2.96 bits per heavy atom. The molecule has 2 amide bonds. The second-order valence-corrected chi connectivity index (χ2v) is 6.65. The third kappa shape index (κ3) is 3.94. The van der Waals surface area contributed by atoms with Crippen molar-refractivity contribution in [3.05, 3.63) is 54.0 Å². The first-order chi connectivity index (χ1) is 13.1. The number of nitrogens with zero attached hydrogens (tertiary/aromatic N) is 4. The summed E-state index contributed by atoms with van der Waals surface area (Å²) >= 11 is 0. The summed E-state index contributed by atoms with van der Waals surface area (Å²) in [5.41, 5.74) is 2.84. The van der Waals surface area contributed by atoms with Gasteiger partial charge in [-0.25, -0.2) is 9.48 Å². The number of carbonyl (C=O) groups excluding carboxylic acids is 1. The van der Waals surface area contributed by atoms with Crippen LogP contribution in [0, 0.1) is 0 Å². The highest BCUT2D eigenvalue weighted by molar-refractivity contribution is 5.88. The van der Waals surface area contributed by atoms with E-state index in [0.717, 1.165) is 22.7 Å². The maximum Gasteiger partial charge on any atom is 0.320 e. The molecular formula is C19H22N6O2. The van der Waals surface area contributed by atoms with Crippen molar-refractivity contribution in [1.82, 2.24) is 24.9 Å². The van der Waals surface area contributed by atoms with Crippen LogP contribution in [-0.2, 0) is 13.6 Å². The molecule has 0 unspecified atom stereocenters. The standard InChI is InChI=1S/C19H22N6O2/c1-24-18(9-17(23-24)14-6-7-14)22-19(26)20-10-13-11-21-25(12-13)15-4-3-5-16(8-15)27-2/h3-5,8-9,11-12,14H,6-7,10H2,1-2H3,(H2,20,22,26). The molecule has 3 aromatic rings. The Morgan fingerprint density at radius 2 is 2.19 bits per heavy atom. The van der Waals surface area contributed by atoms with Crippen molar-refractivity contribution >= 4 is 11.8 Å². The normalized spacial score (nSPS) is 13.4. The van der Waals surface area contributed by atoms with Gasteiger partial charge >= 0.3 is 6.03 Å². The number of methoxy groups -OCH3 is 1. The Balaban J connectivity index is 1.34. The summed E-state index contributed by atoms with van der Waals surface area (Å²) in [6.07, 6.45) is 5.97. The summed E-state index contributed by atoms with van der Waals surface area (Å²) in [7, 11) is 3.46. The Labute approximate surface area is 157 Å². The molecule has 0 radical (unpaired) electrons. The number of amides is 2. The van der Waals surface area contributed by atoms with Crippen LogP contribution in [0.3, 0.4) is 0 Å². The van der Waals surface area contributed by atoms with Gasteiger partial charge in [0.1, 0.15) is 11.6 Å². The van der Waals surface area contributed by atoms with Crippen LogP contribution in [0.1, 0.15) is 30.0 Å². The Kier molecular flexibility index (Phi) is 4.53. The van der Waals surface area contributed by atoms with Gasteiger partial charge in [-0.1, -0.05) is 6.07 Å². The zero-order valence-electron chi connectivity index (χ0n) is 15.3. The van der Waals surface area contributed by atoms with Gasteiger partial charge in [0.15, 0.2) is 0 Å². The average Bonchev–Trinajstić information content (AvgIpc) is 3.31. The molecule has 1 saturated carbocycles. The van der Waals surface area contributed by atoms with E-state index < -0.39 is 0 Å². The van der Waals surface area contributed by atoms with E-state index in [9.17, 15) is 4.79 Å². The zero-order chi connectivity index (χ0) is 18.8. The number of aryl methyl sites for hydroxylation is 1. The summed E-state index contributed by atoms with van der Waals surface area (Å²) in [6, 6.07) is 9.31. The molecule has 0 atom stereocenters. The van der Waals surface area contributed by atoms with E-state index in [0.29, 0.717) is 18.3 Å². The molecule has 0 bridgehead atoms. The van der Waals surface area contributed by atoms with Crippen LogP contribution in [0.15, 0.2) is 42.7 Å². The highest BCUT2D eigenvalue weighted by Gasteiger charge is 2.27. The topological polar surface area (TPSA) is 86.0 Å². The van der Waals surface area contributed by atoms with Gasteiger partial charge in [-0.3, -0.25) is 10.00 Å². The Hall–Kier alpha value is -3.29. The number of anilines is 1. The van der Waals surface area contributed by atoms with E-state index in [1.165, 1.54) is 12.8 Å². The Bertz CT molecular complexity index is 957. The first kappa shape index (κ1) is 17.1. The molecule has 0 spiro atoms. The highest BCUT2D eigenvalue weighted by atomic mass is 16.5. The molecule has 8 nitrogen and oxygen atoms in total. The van der Waals surface area contributed by atoms with Gasteiger partial charge in [-0.05, 0) is 25.0 Å². The van der Waals surface area contributed by atoms with Gasteiger partial charge in [0.25, 0.3) is 0 Å². The molecule has 1 fully saturated rings. The van der Waals surface area contributed by atoms with Crippen molar-refractivity contribution < 1.29 is 9.53 Å². The number of aromatic nitrogens is 4. The SMILES string of the molecule is COc1cccc(-n2cc(CNC(=O)Nc3cc(C4CC4)nn3C)cn2)c1. The lowest BCUT2D eigenvalue weighted by atomic mass is 10.3. The number of hydrogen-bond donors (Lipinski definition) is 2. The molecular weight excluding hydrogens is 344 g/mol. The number of benzene rings is 1. The molecule has 8 heteroatoms. The first-order valence-corrected chi connectivity index (χ1v) is 8.89. The monoisotopic (exact) mass is 366 g/mol. The molecule has 0 aliphatic heterocycles. The van der Waals surface area contributed by atoms with Gasteiger partial charge in [0.2, 0.25) is 0 Å². The van der Waals surface area contributed by atoms with Crippen molar-refractivity contribution in [2.75, 3.05) is 12.4 Å². The summed E-state index contributed by atoms with van der Waals surface area (Å²) in [5, 5.41) is 14.5. The lowest BCUT2D eigenvalue weighted by Crippen LogP contribution is -2.28. The Morgan fingerprint density at radius 1 is 1.33 bits per heavy atom. The van der Waals surface area contributed by atoms with Crippen molar-refractivity contribution in [3.63, 3.8) is 0 Å². The van der Waals surface area contributed by atoms with Crippen LogP contribution >= 0.6 is 0 Å². The lowest BCUT2D eigenvalue weighted by molar-refractivity contribution is 0.251. The maximum absolute atomic E-state index is 12.2. The first-order valence-electron chi connectivity index (χ1n) is 8.89. The molecule has 2 heterocycles. The van der Waals surface area contributed by atoms with Crippen molar-refractivity contribution in [3.8, 4) is 11.4 Å². The van der Waals surface area contributed by atoms with Gasteiger partial charge in [0.05, 0.1) is 24.7 Å². The van der Waals surface area contributed by atoms with E-state index in [1.54, 1.807) is 22.7 Å². The molecule has 140 valence electrons. The summed E-state index contributed by atoms with van der Waals surface area (Å²) < 4.78 is 8.69. The summed E-state index contributed by atoms with van der Waals surface area (Å²) in [6.45, 7) is 0.378. The van der Waals surface area contributed by atoms with E-state index in [-0.39, 0.29) is 6.03 Å². The average molecular weight is 366 g/mol. The number of urea groups is 1. The van der Waals surface area contributed by atoms with Crippen LogP contribution in [-0.4, -0.2) is 32.7 Å². The largest absolute Gasteiger partial charge is 0.497 e. The van der Waals surface area contributed by atoms with Gasteiger partial charge < -0.3 is 10.1 Å². The van der Waals surface area contributed by atoms with E-state index >= 15 is 0 Å². The number of hydrogen-bond acceptors (Lipinski definition) is 4. The molecule has 2 N–H and O–H groups in total. The van der Waals surface area contributed by atoms with Crippen LogP contribution < -0.4 is 15.4 Å². The third-order valence-corrected chi connectivity index (χ3v) is 4.54. The quantitative estimate of drug-likeness (QED) is 0.702. The second-order valence-electron chi connectivity index (χ2n) is 6.65. The number of ether oxygens (including phenoxy) is 1. The fourth-order valence-electron chi connectivity index (χ4n) is 2.87.